The first-order chi connectivity index (χ1) is 12.6. The van der Waals surface area contributed by atoms with E-state index < -0.39 is 5.54 Å². The van der Waals surface area contributed by atoms with Crippen LogP contribution in [0.4, 0.5) is 10.1 Å². The molecule has 0 bridgehead atoms. The Morgan fingerprint density at radius 3 is 3.12 bits per heavy atom. The molecule has 0 spiro atoms. The standard InChI is InChI=1S/C18H20FN5OS/c19-14-4-3-12(23-16(25)15-5-7-21-10-22-15)8-13(14)18-6-1-2-11(18)9-26-17(20)24-18/h3-4,7-8,11H,1-2,5-6,9-10H2,(H2,20,24)(H,23,25)/t11-,18-/m0/s1. The van der Waals surface area contributed by atoms with E-state index in [1.165, 1.54) is 17.8 Å². The van der Waals surface area contributed by atoms with Gasteiger partial charge in [-0.2, -0.15) is 0 Å². The number of carbonyl (C=O) groups is 1. The van der Waals surface area contributed by atoms with Crippen LogP contribution in [0.5, 0.6) is 0 Å². The molecule has 2 aliphatic heterocycles. The lowest BCUT2D eigenvalue weighted by atomic mass is 9.81. The van der Waals surface area contributed by atoms with Crippen LogP contribution in [-0.4, -0.2) is 35.4 Å². The van der Waals surface area contributed by atoms with Gasteiger partial charge >= 0.3 is 0 Å². The molecule has 6 nitrogen and oxygen atoms in total. The number of carbonyl (C=O) groups excluding carboxylic acids is 1. The molecule has 0 saturated heterocycles. The van der Waals surface area contributed by atoms with Gasteiger partial charge in [0, 0.05) is 29.6 Å². The van der Waals surface area contributed by atoms with Crippen molar-refractivity contribution in [2.75, 3.05) is 17.7 Å². The molecule has 0 aromatic heterocycles. The van der Waals surface area contributed by atoms with Gasteiger partial charge in [0.1, 0.15) is 18.2 Å². The zero-order valence-electron chi connectivity index (χ0n) is 14.2. The molecule has 0 radical (unpaired) electrons. The molecule has 3 N–H and O–H groups in total. The van der Waals surface area contributed by atoms with Gasteiger partial charge in [-0.25, -0.2) is 4.39 Å². The Morgan fingerprint density at radius 2 is 2.31 bits per heavy atom. The van der Waals surface area contributed by atoms with E-state index in [4.69, 9.17) is 5.73 Å². The first-order valence-corrected chi connectivity index (χ1v) is 9.68. The SMILES string of the molecule is NC1=N[C@@]2(c3cc(NC(=O)C4=NCN=CC4)ccc3F)CCC[C@H]2CS1. The van der Waals surface area contributed by atoms with Crippen molar-refractivity contribution in [2.45, 2.75) is 31.2 Å². The summed E-state index contributed by atoms with van der Waals surface area (Å²) in [6.45, 7) is 0.272. The van der Waals surface area contributed by atoms with Crippen molar-refractivity contribution in [1.82, 2.24) is 0 Å². The summed E-state index contributed by atoms with van der Waals surface area (Å²) in [6, 6.07) is 4.67. The van der Waals surface area contributed by atoms with Crippen LogP contribution in [0, 0.1) is 11.7 Å². The number of halogens is 1. The molecule has 2 heterocycles. The molecule has 4 rings (SSSR count). The van der Waals surface area contributed by atoms with Crippen LogP contribution in [0.3, 0.4) is 0 Å². The molecule has 1 amide bonds. The van der Waals surface area contributed by atoms with E-state index in [0.29, 0.717) is 28.6 Å². The normalized spacial score (nSPS) is 27.5. The average Bonchev–Trinajstić information content (AvgIpc) is 3.07. The monoisotopic (exact) mass is 373 g/mol. The number of benzene rings is 1. The van der Waals surface area contributed by atoms with E-state index in [1.807, 2.05) is 0 Å². The van der Waals surface area contributed by atoms with Gasteiger partial charge in [-0.05, 0) is 37.0 Å². The molecule has 136 valence electrons. The van der Waals surface area contributed by atoms with E-state index in [2.05, 4.69) is 20.3 Å². The number of aliphatic imine (C=N–C) groups is 3. The molecule has 2 atom stereocenters. The summed E-state index contributed by atoms with van der Waals surface area (Å²) in [6.07, 6.45) is 4.86. The second kappa shape index (κ2) is 6.83. The van der Waals surface area contributed by atoms with Crippen molar-refractivity contribution >= 4 is 40.5 Å². The number of amidine groups is 1. The van der Waals surface area contributed by atoms with Crippen LogP contribution in [0.15, 0.2) is 33.2 Å². The minimum atomic E-state index is -0.616. The third kappa shape index (κ3) is 3.02. The van der Waals surface area contributed by atoms with Gasteiger partial charge in [0.2, 0.25) is 0 Å². The predicted molar refractivity (Wildman–Crippen MR) is 104 cm³/mol. The molecule has 1 saturated carbocycles. The van der Waals surface area contributed by atoms with Crippen molar-refractivity contribution < 1.29 is 9.18 Å². The fourth-order valence-electron chi connectivity index (χ4n) is 3.96. The summed E-state index contributed by atoms with van der Waals surface area (Å²) in [5.74, 6) is 0.526. The maximum atomic E-state index is 14.7. The zero-order chi connectivity index (χ0) is 18.1. The molecule has 1 aliphatic carbocycles. The highest BCUT2D eigenvalue weighted by Gasteiger charge is 2.48. The van der Waals surface area contributed by atoms with Gasteiger partial charge in [-0.3, -0.25) is 19.8 Å². The number of fused-ring (bicyclic) bond motifs is 1. The summed E-state index contributed by atoms with van der Waals surface area (Å²) in [5, 5.41) is 3.33. The van der Waals surface area contributed by atoms with Crippen LogP contribution >= 0.6 is 11.8 Å². The van der Waals surface area contributed by atoms with Gasteiger partial charge in [0.05, 0.1) is 5.54 Å². The second-order valence-corrected chi connectivity index (χ2v) is 7.78. The van der Waals surface area contributed by atoms with E-state index in [1.54, 1.807) is 18.3 Å². The van der Waals surface area contributed by atoms with Gasteiger partial charge in [0.25, 0.3) is 5.91 Å². The summed E-state index contributed by atoms with van der Waals surface area (Å²) in [7, 11) is 0. The Labute approximate surface area is 155 Å². The molecule has 0 unspecified atom stereocenters. The maximum absolute atomic E-state index is 14.7. The number of nitrogens with one attached hydrogen (secondary N) is 1. The molecule has 26 heavy (non-hydrogen) atoms. The number of hydrogen-bond acceptors (Lipinski definition) is 6. The Kier molecular flexibility index (Phi) is 4.52. The Bertz CT molecular complexity index is 837. The smallest absolute Gasteiger partial charge is 0.270 e. The topological polar surface area (TPSA) is 92.2 Å². The molecular weight excluding hydrogens is 353 g/mol. The van der Waals surface area contributed by atoms with Crippen LogP contribution in [0.1, 0.15) is 31.2 Å². The van der Waals surface area contributed by atoms with Crippen molar-refractivity contribution in [3.8, 4) is 0 Å². The maximum Gasteiger partial charge on any atom is 0.270 e. The highest BCUT2D eigenvalue weighted by molar-refractivity contribution is 8.13. The highest BCUT2D eigenvalue weighted by atomic mass is 32.2. The predicted octanol–water partition coefficient (Wildman–Crippen LogP) is 2.69. The first-order valence-electron chi connectivity index (χ1n) is 8.69. The van der Waals surface area contributed by atoms with Crippen molar-refractivity contribution in [3.05, 3.63) is 29.6 Å². The first kappa shape index (κ1) is 17.2. The fraction of sp³-hybridized carbons (Fsp3) is 0.444. The Balaban J connectivity index is 1.65. The fourth-order valence-corrected chi connectivity index (χ4v) is 5.00. The number of rotatable bonds is 3. The Hall–Kier alpha value is -2.22. The second-order valence-electron chi connectivity index (χ2n) is 6.74. The van der Waals surface area contributed by atoms with E-state index >= 15 is 0 Å². The summed E-state index contributed by atoms with van der Waals surface area (Å²) < 4.78 is 14.7. The van der Waals surface area contributed by atoms with E-state index in [-0.39, 0.29) is 24.3 Å². The lowest BCUT2D eigenvalue weighted by Crippen LogP contribution is -2.37. The average molecular weight is 373 g/mol. The highest BCUT2D eigenvalue weighted by Crippen LogP contribution is 2.51. The van der Waals surface area contributed by atoms with Crippen LogP contribution < -0.4 is 11.1 Å². The van der Waals surface area contributed by atoms with Gasteiger partial charge in [0.15, 0.2) is 5.17 Å². The van der Waals surface area contributed by atoms with E-state index in [9.17, 15) is 9.18 Å². The quantitative estimate of drug-likeness (QED) is 0.853. The zero-order valence-corrected chi connectivity index (χ0v) is 15.1. The van der Waals surface area contributed by atoms with Gasteiger partial charge in [-0.1, -0.05) is 18.2 Å². The lowest BCUT2D eigenvalue weighted by molar-refractivity contribution is -0.110. The lowest BCUT2D eigenvalue weighted by Gasteiger charge is -2.36. The van der Waals surface area contributed by atoms with Crippen LogP contribution in [-0.2, 0) is 10.3 Å². The van der Waals surface area contributed by atoms with Crippen molar-refractivity contribution in [2.24, 2.45) is 26.6 Å². The number of amides is 1. The van der Waals surface area contributed by atoms with Gasteiger partial charge < -0.3 is 11.1 Å². The van der Waals surface area contributed by atoms with Crippen molar-refractivity contribution in [1.29, 1.82) is 0 Å². The number of nitrogens with two attached hydrogens (primary N) is 1. The van der Waals surface area contributed by atoms with Gasteiger partial charge in [-0.15, -0.1) is 0 Å². The van der Waals surface area contributed by atoms with Crippen molar-refractivity contribution in [3.63, 3.8) is 0 Å². The molecule has 1 fully saturated rings. The minimum absolute atomic E-state index is 0.263. The number of anilines is 1. The molecule has 1 aromatic carbocycles. The third-order valence-electron chi connectivity index (χ3n) is 5.24. The summed E-state index contributed by atoms with van der Waals surface area (Å²) >= 11 is 1.53. The third-order valence-corrected chi connectivity index (χ3v) is 6.19. The molecule has 3 aliphatic rings. The molecular formula is C18H20FN5OS. The number of nitrogens with zero attached hydrogens (tertiary/aromatic N) is 3. The number of thioether (sulfide) groups is 1. The van der Waals surface area contributed by atoms with E-state index in [0.717, 1.165) is 25.0 Å². The Morgan fingerprint density at radius 1 is 1.42 bits per heavy atom. The minimum Gasteiger partial charge on any atom is -0.379 e. The molecule has 8 heteroatoms. The number of hydrogen-bond donors (Lipinski definition) is 2. The van der Waals surface area contributed by atoms with Crippen LogP contribution in [0.25, 0.3) is 0 Å². The largest absolute Gasteiger partial charge is 0.379 e. The van der Waals surface area contributed by atoms with Crippen LogP contribution in [0.2, 0.25) is 0 Å². The molecule has 1 aromatic rings. The summed E-state index contributed by atoms with van der Waals surface area (Å²) in [4.78, 5) is 25.1. The summed E-state index contributed by atoms with van der Waals surface area (Å²) in [5.41, 5.74) is 6.85.